The van der Waals surface area contributed by atoms with Gasteiger partial charge in [-0.3, -0.25) is 4.79 Å². The fourth-order valence-corrected chi connectivity index (χ4v) is 3.03. The van der Waals surface area contributed by atoms with E-state index in [0.717, 1.165) is 31.5 Å². The lowest BCUT2D eigenvalue weighted by molar-refractivity contribution is 0.0743. The summed E-state index contributed by atoms with van der Waals surface area (Å²) in [6.07, 6.45) is 2.93. The first kappa shape index (κ1) is 14.3. The second-order valence-electron chi connectivity index (χ2n) is 5.57. The maximum Gasteiger partial charge on any atom is 0.254 e. The molecule has 0 aromatic carbocycles. The molecule has 1 amide bonds. The molecular weight excluding hydrogens is 260 g/mol. The van der Waals surface area contributed by atoms with Gasteiger partial charge in [-0.1, -0.05) is 31.9 Å². The predicted molar refractivity (Wildman–Crippen MR) is 77.5 cm³/mol. The van der Waals surface area contributed by atoms with E-state index < -0.39 is 0 Å². The predicted octanol–water partition coefficient (Wildman–Crippen LogP) is 3.56. The van der Waals surface area contributed by atoms with Crippen LogP contribution in [0.4, 0.5) is 0 Å². The van der Waals surface area contributed by atoms with Crippen LogP contribution in [-0.4, -0.2) is 28.4 Å². The molecule has 4 heteroatoms. The number of carbonyl (C=O) groups excluding carboxylic acids is 1. The van der Waals surface area contributed by atoms with Gasteiger partial charge in [-0.15, -0.1) is 0 Å². The van der Waals surface area contributed by atoms with E-state index in [9.17, 15) is 4.79 Å². The molecule has 0 radical (unpaired) electrons. The van der Waals surface area contributed by atoms with Crippen LogP contribution < -0.4 is 0 Å². The summed E-state index contributed by atoms with van der Waals surface area (Å²) >= 11 is 6.02. The second-order valence-corrected chi connectivity index (χ2v) is 5.95. The number of pyridine rings is 1. The minimum Gasteiger partial charge on any atom is -0.336 e. The van der Waals surface area contributed by atoms with Crippen LogP contribution in [0.15, 0.2) is 12.1 Å². The fraction of sp³-hybridized carbons (Fsp3) is 0.600. The molecule has 1 aliphatic rings. The third-order valence-electron chi connectivity index (χ3n) is 3.64. The number of amides is 1. The highest BCUT2D eigenvalue weighted by Crippen LogP contribution is 2.25. The molecule has 0 spiro atoms. The normalized spacial score (nSPS) is 22.8. The van der Waals surface area contributed by atoms with Gasteiger partial charge in [-0.25, -0.2) is 4.98 Å². The van der Waals surface area contributed by atoms with Crippen molar-refractivity contribution in [3.63, 3.8) is 0 Å². The number of halogens is 1. The number of hydrogen-bond donors (Lipinski definition) is 0. The lowest BCUT2D eigenvalue weighted by atomic mass is 10.1. The van der Waals surface area contributed by atoms with Crippen molar-refractivity contribution in [2.75, 3.05) is 6.54 Å². The zero-order valence-electron chi connectivity index (χ0n) is 11.8. The minimum absolute atomic E-state index is 0.0819. The molecule has 2 unspecified atom stereocenters. The van der Waals surface area contributed by atoms with E-state index in [1.54, 1.807) is 6.07 Å². The lowest BCUT2D eigenvalue weighted by Crippen LogP contribution is -2.34. The molecule has 2 atom stereocenters. The van der Waals surface area contributed by atoms with E-state index in [1.807, 2.05) is 11.0 Å². The Hall–Kier alpha value is -1.09. The molecule has 1 aromatic heterocycles. The van der Waals surface area contributed by atoms with E-state index >= 15 is 0 Å². The average Bonchev–Trinajstić information content (AvgIpc) is 2.67. The number of hydrogen-bond acceptors (Lipinski definition) is 2. The summed E-state index contributed by atoms with van der Waals surface area (Å²) in [4.78, 5) is 18.8. The summed E-state index contributed by atoms with van der Waals surface area (Å²) in [7, 11) is 0. The highest BCUT2D eigenvalue weighted by atomic mass is 35.5. The standard InChI is InChI=1S/C15H21ClN2O/c1-4-5-13-7-12(8-14(16)17-13)15(19)18-9-10(2)6-11(18)3/h7-8,10-11H,4-6,9H2,1-3H3. The smallest absolute Gasteiger partial charge is 0.254 e. The Balaban J connectivity index is 2.23. The summed E-state index contributed by atoms with van der Waals surface area (Å²) in [6.45, 7) is 7.22. The van der Waals surface area contributed by atoms with Crippen LogP contribution in [0.3, 0.4) is 0 Å². The SMILES string of the molecule is CCCc1cc(C(=O)N2CC(C)CC2C)cc(Cl)n1. The van der Waals surface area contributed by atoms with Crippen molar-refractivity contribution in [2.24, 2.45) is 5.92 Å². The molecule has 19 heavy (non-hydrogen) atoms. The van der Waals surface area contributed by atoms with E-state index in [1.165, 1.54) is 0 Å². The highest BCUT2D eigenvalue weighted by molar-refractivity contribution is 6.29. The Morgan fingerprint density at radius 3 is 2.79 bits per heavy atom. The summed E-state index contributed by atoms with van der Waals surface area (Å²) < 4.78 is 0. The highest BCUT2D eigenvalue weighted by Gasteiger charge is 2.30. The molecule has 2 rings (SSSR count). The van der Waals surface area contributed by atoms with Gasteiger partial charge in [0.05, 0.1) is 0 Å². The van der Waals surface area contributed by atoms with Gasteiger partial charge in [0.15, 0.2) is 0 Å². The summed E-state index contributed by atoms with van der Waals surface area (Å²) in [6, 6.07) is 3.87. The molecule has 104 valence electrons. The quantitative estimate of drug-likeness (QED) is 0.793. The van der Waals surface area contributed by atoms with Crippen LogP contribution in [0.2, 0.25) is 5.15 Å². The van der Waals surface area contributed by atoms with Crippen LogP contribution >= 0.6 is 11.6 Å². The number of likely N-dealkylation sites (tertiary alicyclic amines) is 1. The maximum absolute atomic E-state index is 12.6. The Morgan fingerprint density at radius 1 is 1.47 bits per heavy atom. The van der Waals surface area contributed by atoms with Gasteiger partial charge in [-0.05, 0) is 37.8 Å². The maximum atomic E-state index is 12.6. The van der Waals surface area contributed by atoms with Crippen LogP contribution in [-0.2, 0) is 6.42 Å². The fourth-order valence-electron chi connectivity index (χ4n) is 2.81. The molecular formula is C15H21ClN2O. The van der Waals surface area contributed by atoms with Crippen LogP contribution in [0.5, 0.6) is 0 Å². The first-order valence-electron chi connectivity index (χ1n) is 6.98. The zero-order valence-corrected chi connectivity index (χ0v) is 12.6. The topological polar surface area (TPSA) is 33.2 Å². The number of carbonyl (C=O) groups is 1. The molecule has 2 heterocycles. The first-order chi connectivity index (χ1) is 9.01. The van der Waals surface area contributed by atoms with Gasteiger partial charge in [-0.2, -0.15) is 0 Å². The third kappa shape index (κ3) is 3.27. The van der Waals surface area contributed by atoms with Crippen molar-refractivity contribution in [2.45, 2.75) is 46.1 Å². The van der Waals surface area contributed by atoms with Gasteiger partial charge in [0, 0.05) is 23.8 Å². The third-order valence-corrected chi connectivity index (χ3v) is 3.84. The second kappa shape index (κ2) is 5.91. The van der Waals surface area contributed by atoms with Gasteiger partial charge in [0.25, 0.3) is 5.91 Å². The molecule has 3 nitrogen and oxygen atoms in total. The van der Waals surface area contributed by atoms with Crippen molar-refractivity contribution in [3.8, 4) is 0 Å². The Kier molecular flexibility index (Phi) is 4.46. The number of aryl methyl sites for hydroxylation is 1. The Morgan fingerprint density at radius 2 is 2.21 bits per heavy atom. The van der Waals surface area contributed by atoms with Crippen molar-refractivity contribution in [1.82, 2.24) is 9.88 Å². The van der Waals surface area contributed by atoms with Gasteiger partial charge >= 0.3 is 0 Å². The molecule has 1 saturated heterocycles. The van der Waals surface area contributed by atoms with Crippen molar-refractivity contribution in [1.29, 1.82) is 0 Å². The first-order valence-corrected chi connectivity index (χ1v) is 7.36. The monoisotopic (exact) mass is 280 g/mol. The Bertz CT molecular complexity index is 475. The summed E-state index contributed by atoms with van der Waals surface area (Å²) in [5.74, 6) is 0.657. The number of rotatable bonds is 3. The lowest BCUT2D eigenvalue weighted by Gasteiger charge is -2.21. The molecule has 0 N–H and O–H groups in total. The van der Waals surface area contributed by atoms with E-state index in [2.05, 4.69) is 25.8 Å². The molecule has 0 bridgehead atoms. The van der Waals surface area contributed by atoms with Gasteiger partial charge in [0.1, 0.15) is 5.15 Å². The molecule has 1 aromatic rings. The van der Waals surface area contributed by atoms with Crippen LogP contribution in [0.25, 0.3) is 0 Å². The van der Waals surface area contributed by atoms with Crippen molar-refractivity contribution < 1.29 is 4.79 Å². The molecule has 0 aliphatic carbocycles. The zero-order chi connectivity index (χ0) is 14.0. The van der Waals surface area contributed by atoms with E-state index in [4.69, 9.17) is 11.6 Å². The average molecular weight is 281 g/mol. The summed E-state index contributed by atoms with van der Waals surface area (Å²) in [5, 5.41) is 0.411. The van der Waals surface area contributed by atoms with Crippen molar-refractivity contribution >= 4 is 17.5 Å². The van der Waals surface area contributed by atoms with Crippen LogP contribution in [0.1, 0.15) is 49.7 Å². The molecule has 0 saturated carbocycles. The van der Waals surface area contributed by atoms with Gasteiger partial charge in [0.2, 0.25) is 0 Å². The summed E-state index contributed by atoms with van der Waals surface area (Å²) in [5.41, 5.74) is 1.57. The van der Waals surface area contributed by atoms with Gasteiger partial charge < -0.3 is 4.90 Å². The minimum atomic E-state index is 0.0819. The van der Waals surface area contributed by atoms with E-state index in [0.29, 0.717) is 22.7 Å². The Labute approximate surface area is 120 Å². The van der Waals surface area contributed by atoms with Crippen molar-refractivity contribution in [3.05, 3.63) is 28.5 Å². The van der Waals surface area contributed by atoms with E-state index in [-0.39, 0.29) is 5.91 Å². The largest absolute Gasteiger partial charge is 0.336 e. The molecule has 1 fully saturated rings. The number of aromatic nitrogens is 1. The molecule has 1 aliphatic heterocycles. The number of nitrogens with zero attached hydrogens (tertiary/aromatic N) is 2. The van der Waals surface area contributed by atoms with Crippen LogP contribution in [0, 0.1) is 5.92 Å².